The molecule has 0 saturated carbocycles. The van der Waals surface area contributed by atoms with Crippen molar-refractivity contribution in [2.24, 2.45) is 0 Å². The van der Waals surface area contributed by atoms with E-state index in [1.165, 1.54) is 11.3 Å². The molecule has 3 nitrogen and oxygen atoms in total. The molecule has 6 heteroatoms. The molecule has 0 atom stereocenters. The molecular weight excluding hydrogens is 267 g/mol. The fourth-order valence-electron chi connectivity index (χ4n) is 1.21. The summed E-state index contributed by atoms with van der Waals surface area (Å²) in [5, 5.41) is 10.7. The molecule has 0 fully saturated rings. The molecule has 1 aromatic rings. The molecule has 1 N–H and O–H groups in total. The number of hydrogen-bond acceptors (Lipinski definition) is 3. The summed E-state index contributed by atoms with van der Waals surface area (Å²) in [6.45, 7) is 0.0594. The highest BCUT2D eigenvalue weighted by atomic mass is 35.5. The van der Waals surface area contributed by atoms with E-state index in [1.807, 2.05) is 12.1 Å². The third-order valence-corrected chi connectivity index (χ3v) is 3.51. The van der Waals surface area contributed by atoms with Gasteiger partial charge in [0, 0.05) is 6.42 Å². The summed E-state index contributed by atoms with van der Waals surface area (Å²) < 4.78 is 1.34. The topological polar surface area (TPSA) is 52.9 Å². The number of halogens is 2. The normalized spacial score (nSPS) is 9.81. The largest absolute Gasteiger partial charge is 0.343 e. The van der Waals surface area contributed by atoms with E-state index in [1.54, 1.807) is 0 Å². The van der Waals surface area contributed by atoms with Gasteiger partial charge in [-0.25, -0.2) is 0 Å². The molecule has 0 aliphatic heterocycles. The summed E-state index contributed by atoms with van der Waals surface area (Å²) in [5.41, 5.74) is 0.977. The Morgan fingerprint density at radius 3 is 2.88 bits per heavy atom. The number of nitriles is 1. The summed E-state index contributed by atoms with van der Waals surface area (Å²) in [6.07, 6.45) is 1.82. The first-order valence-corrected chi connectivity index (χ1v) is 6.28. The predicted molar refractivity (Wildman–Crippen MR) is 65.9 cm³/mol. The van der Waals surface area contributed by atoms with Gasteiger partial charge in [-0.1, -0.05) is 23.2 Å². The minimum atomic E-state index is -0.112. The highest BCUT2D eigenvalue weighted by Gasteiger charge is 2.07. The summed E-state index contributed by atoms with van der Waals surface area (Å²) >= 11 is 13.1. The van der Waals surface area contributed by atoms with Crippen LogP contribution in [0.15, 0.2) is 6.07 Å². The van der Waals surface area contributed by atoms with Crippen LogP contribution in [0.4, 0.5) is 0 Å². The fraction of sp³-hybridized carbons (Fsp3) is 0.400. The average Bonchev–Trinajstić information content (AvgIpc) is 2.55. The maximum absolute atomic E-state index is 11.2. The van der Waals surface area contributed by atoms with Crippen LogP contribution in [0.25, 0.3) is 0 Å². The van der Waals surface area contributed by atoms with Crippen molar-refractivity contribution in [1.82, 2.24) is 5.32 Å². The van der Waals surface area contributed by atoms with Crippen LogP contribution >= 0.6 is 34.5 Å². The van der Waals surface area contributed by atoms with Crippen LogP contribution in [0.5, 0.6) is 0 Å². The van der Waals surface area contributed by atoms with E-state index in [4.69, 9.17) is 28.5 Å². The van der Waals surface area contributed by atoms with Gasteiger partial charge in [0.25, 0.3) is 0 Å². The molecule has 0 radical (unpaired) electrons. The van der Waals surface area contributed by atoms with Crippen LogP contribution in [0.1, 0.15) is 18.4 Å². The van der Waals surface area contributed by atoms with E-state index in [2.05, 4.69) is 5.32 Å². The minimum absolute atomic E-state index is 0.0594. The molecule has 0 saturated heterocycles. The number of aryl methyl sites for hydroxylation is 1. The molecule has 86 valence electrons. The van der Waals surface area contributed by atoms with E-state index in [-0.39, 0.29) is 12.5 Å². The molecule has 0 spiro atoms. The molecule has 0 aromatic carbocycles. The second-order valence-electron chi connectivity index (χ2n) is 3.14. The molecule has 1 aromatic heterocycles. The van der Waals surface area contributed by atoms with Gasteiger partial charge < -0.3 is 5.32 Å². The molecule has 16 heavy (non-hydrogen) atoms. The average molecular weight is 277 g/mol. The summed E-state index contributed by atoms with van der Waals surface area (Å²) in [4.78, 5) is 11.2. The zero-order chi connectivity index (χ0) is 12.0. The first-order chi connectivity index (χ1) is 7.63. The van der Waals surface area contributed by atoms with E-state index < -0.39 is 0 Å². The van der Waals surface area contributed by atoms with Crippen molar-refractivity contribution in [2.45, 2.75) is 19.3 Å². The first kappa shape index (κ1) is 13.3. The Morgan fingerprint density at radius 2 is 2.31 bits per heavy atom. The van der Waals surface area contributed by atoms with Crippen LogP contribution in [0, 0.1) is 11.3 Å². The van der Waals surface area contributed by atoms with E-state index in [0.717, 1.165) is 12.0 Å². The molecule has 1 heterocycles. The van der Waals surface area contributed by atoms with Crippen molar-refractivity contribution < 1.29 is 4.79 Å². The van der Waals surface area contributed by atoms with Gasteiger partial charge in [0.1, 0.15) is 6.54 Å². The van der Waals surface area contributed by atoms with Crippen molar-refractivity contribution in [2.75, 3.05) is 6.54 Å². The van der Waals surface area contributed by atoms with Gasteiger partial charge in [0.2, 0.25) is 5.91 Å². The lowest BCUT2D eigenvalue weighted by Crippen LogP contribution is -2.23. The lowest BCUT2D eigenvalue weighted by Gasteiger charge is -2.00. The van der Waals surface area contributed by atoms with E-state index in [9.17, 15) is 4.79 Å². The Kier molecular flexibility index (Phi) is 5.61. The number of nitrogens with one attached hydrogen (secondary N) is 1. The first-order valence-electron chi connectivity index (χ1n) is 4.71. The highest BCUT2D eigenvalue weighted by Crippen LogP contribution is 2.31. The molecule has 1 amide bonds. The SMILES string of the molecule is N#CCNC(=O)CCCc1cc(Cl)sc1Cl. The van der Waals surface area contributed by atoms with Crippen molar-refractivity contribution >= 4 is 40.4 Å². The van der Waals surface area contributed by atoms with Gasteiger partial charge in [-0.2, -0.15) is 5.26 Å². The molecular formula is C10H10Cl2N2OS. The summed E-state index contributed by atoms with van der Waals surface area (Å²) in [6, 6.07) is 3.67. The lowest BCUT2D eigenvalue weighted by atomic mass is 10.1. The molecule has 0 aliphatic rings. The van der Waals surface area contributed by atoms with Crippen molar-refractivity contribution in [3.05, 3.63) is 20.3 Å². The number of rotatable bonds is 5. The van der Waals surface area contributed by atoms with Gasteiger partial charge >= 0.3 is 0 Å². The third-order valence-electron chi connectivity index (χ3n) is 1.94. The zero-order valence-electron chi connectivity index (χ0n) is 8.43. The Bertz CT molecular complexity index is 411. The quantitative estimate of drug-likeness (QED) is 0.841. The number of hydrogen-bond donors (Lipinski definition) is 1. The molecule has 0 bridgehead atoms. The molecule has 0 aliphatic carbocycles. The third kappa shape index (κ3) is 4.40. The molecule has 0 unspecified atom stereocenters. The summed E-state index contributed by atoms with van der Waals surface area (Å²) in [5.74, 6) is -0.112. The van der Waals surface area contributed by atoms with Crippen LogP contribution < -0.4 is 5.32 Å². The maximum atomic E-state index is 11.2. The van der Waals surface area contributed by atoms with Gasteiger partial charge in [0.05, 0.1) is 14.7 Å². The second kappa shape index (κ2) is 6.74. The summed E-state index contributed by atoms with van der Waals surface area (Å²) in [7, 11) is 0. The smallest absolute Gasteiger partial charge is 0.220 e. The van der Waals surface area contributed by atoms with Crippen LogP contribution in [-0.2, 0) is 11.2 Å². The van der Waals surface area contributed by atoms with E-state index >= 15 is 0 Å². The van der Waals surface area contributed by atoms with Gasteiger partial charge in [-0.15, -0.1) is 11.3 Å². The van der Waals surface area contributed by atoms with Gasteiger partial charge in [-0.3, -0.25) is 4.79 Å². The van der Waals surface area contributed by atoms with Gasteiger partial charge in [-0.05, 0) is 24.5 Å². The molecule has 1 rings (SSSR count). The van der Waals surface area contributed by atoms with Crippen molar-refractivity contribution in [1.29, 1.82) is 5.26 Å². The highest BCUT2D eigenvalue weighted by molar-refractivity contribution is 7.20. The minimum Gasteiger partial charge on any atom is -0.343 e. The lowest BCUT2D eigenvalue weighted by molar-refractivity contribution is -0.120. The van der Waals surface area contributed by atoms with E-state index in [0.29, 0.717) is 21.5 Å². The zero-order valence-corrected chi connectivity index (χ0v) is 10.8. The van der Waals surface area contributed by atoms with Crippen LogP contribution in [0.3, 0.4) is 0 Å². The number of carbonyl (C=O) groups is 1. The standard InChI is InChI=1S/C10H10Cl2N2OS/c11-8-6-7(10(12)16-8)2-1-3-9(15)14-5-4-13/h6H,1-3,5H2,(H,14,15). The fourth-order valence-corrected chi connectivity index (χ4v) is 2.76. The van der Waals surface area contributed by atoms with Crippen LogP contribution in [-0.4, -0.2) is 12.5 Å². The number of nitrogens with zero attached hydrogens (tertiary/aromatic N) is 1. The van der Waals surface area contributed by atoms with Crippen LogP contribution in [0.2, 0.25) is 8.67 Å². The maximum Gasteiger partial charge on any atom is 0.220 e. The number of amides is 1. The number of carbonyl (C=O) groups excluding carboxylic acids is 1. The van der Waals surface area contributed by atoms with Crippen molar-refractivity contribution in [3.8, 4) is 6.07 Å². The Hall–Kier alpha value is -0.760. The predicted octanol–water partition coefficient (Wildman–Crippen LogP) is 3.02. The Morgan fingerprint density at radius 1 is 1.56 bits per heavy atom. The number of thiophene rings is 1. The van der Waals surface area contributed by atoms with Crippen molar-refractivity contribution in [3.63, 3.8) is 0 Å². The Balaban J connectivity index is 2.28. The van der Waals surface area contributed by atoms with Gasteiger partial charge in [0.15, 0.2) is 0 Å². The second-order valence-corrected chi connectivity index (χ2v) is 5.42. The monoisotopic (exact) mass is 276 g/mol. The Labute approximate surface area is 108 Å².